The van der Waals surface area contributed by atoms with Crippen molar-refractivity contribution in [2.24, 2.45) is 0 Å². The Morgan fingerprint density at radius 1 is 1.62 bits per heavy atom. The monoisotopic (exact) mass is 132 g/mol. The van der Waals surface area contributed by atoms with E-state index in [4.69, 9.17) is 9.53 Å². The average molecular weight is 132 g/mol. The Morgan fingerprint density at radius 2 is 2.50 bits per heavy atom. The predicted octanol–water partition coefficient (Wildman–Crippen LogP) is -0.339. The highest BCUT2D eigenvalue weighted by Crippen LogP contribution is 2.16. The first kappa shape index (κ1) is 6.26. The fraction of sp³-hybridized carbons (Fsp3) is 1.00. The summed E-state index contributed by atoms with van der Waals surface area (Å²) in [6.45, 7) is 1.73. The number of hydrogen-bond donors (Lipinski definition) is 1. The molecule has 1 N–H and O–H groups in total. The van der Waals surface area contributed by atoms with Gasteiger partial charge in [-0.25, -0.2) is 0 Å². The molecule has 2 nitrogen and oxygen atoms in total. The molecule has 0 aromatic carbocycles. The van der Waals surface area contributed by atoms with Gasteiger partial charge >= 0.3 is 0 Å². The van der Waals surface area contributed by atoms with E-state index in [9.17, 15) is 0 Å². The molecule has 0 aromatic rings. The third kappa shape index (κ3) is 1.58. The third-order valence-corrected chi connectivity index (χ3v) is 2.67. The van der Waals surface area contributed by atoms with Gasteiger partial charge in [-0.3, -0.25) is 0 Å². The van der Waals surface area contributed by atoms with Crippen LogP contribution < -0.4 is 0 Å². The summed E-state index contributed by atoms with van der Waals surface area (Å²) in [5, 5.41) is 0. The molecule has 1 unspecified atom stereocenters. The summed E-state index contributed by atoms with van der Waals surface area (Å²) in [6.07, 6.45) is 2.35. The zero-order valence-electron chi connectivity index (χ0n) is 4.97. The van der Waals surface area contributed by atoms with Crippen LogP contribution in [-0.4, -0.2) is 27.8 Å². The summed E-state index contributed by atoms with van der Waals surface area (Å²) >= 11 is 0. The Hall–Kier alpha value is 0.137. The number of ether oxygens (including phenoxy) is 1. The predicted molar refractivity (Wildman–Crippen MR) is 34.6 cm³/mol. The highest BCUT2D eigenvalue weighted by Gasteiger charge is 2.11. The first-order chi connectivity index (χ1) is 3.93. The van der Waals surface area contributed by atoms with E-state index in [0.717, 1.165) is 19.6 Å². The Morgan fingerprint density at radius 3 is 2.88 bits per heavy atom. The SMILES string of the molecule is O[SiH2]C1CCCOC1. The Bertz CT molecular complexity index is 61.4. The van der Waals surface area contributed by atoms with Crippen LogP contribution in [0.1, 0.15) is 12.8 Å². The van der Waals surface area contributed by atoms with Crippen molar-refractivity contribution < 1.29 is 9.53 Å². The molecule has 0 bridgehead atoms. The van der Waals surface area contributed by atoms with Crippen LogP contribution in [0.4, 0.5) is 0 Å². The van der Waals surface area contributed by atoms with E-state index < -0.39 is 9.76 Å². The number of hydrogen-bond acceptors (Lipinski definition) is 2. The molecule has 0 spiro atoms. The fourth-order valence-corrected chi connectivity index (χ4v) is 1.69. The van der Waals surface area contributed by atoms with E-state index in [0.29, 0.717) is 5.54 Å². The second-order valence-electron chi connectivity index (χ2n) is 2.27. The molecule has 3 heteroatoms. The van der Waals surface area contributed by atoms with Gasteiger partial charge in [0.05, 0.1) is 0 Å². The molecule has 1 atom stereocenters. The van der Waals surface area contributed by atoms with Crippen molar-refractivity contribution in [1.29, 1.82) is 0 Å². The van der Waals surface area contributed by atoms with E-state index in [2.05, 4.69) is 0 Å². The molecule has 1 heterocycles. The van der Waals surface area contributed by atoms with E-state index in [1.54, 1.807) is 0 Å². The second kappa shape index (κ2) is 3.22. The topological polar surface area (TPSA) is 29.5 Å². The highest BCUT2D eigenvalue weighted by atomic mass is 28.2. The van der Waals surface area contributed by atoms with Crippen molar-refractivity contribution in [3.8, 4) is 0 Å². The maximum atomic E-state index is 8.75. The molecule has 1 aliphatic heterocycles. The van der Waals surface area contributed by atoms with Gasteiger partial charge in [-0.15, -0.1) is 0 Å². The highest BCUT2D eigenvalue weighted by molar-refractivity contribution is 6.27. The first-order valence-corrected chi connectivity index (χ1v) is 4.57. The van der Waals surface area contributed by atoms with Gasteiger partial charge in [0.2, 0.25) is 0 Å². The van der Waals surface area contributed by atoms with E-state index in [1.807, 2.05) is 0 Å². The molecule has 1 saturated heterocycles. The smallest absolute Gasteiger partial charge is 0.162 e. The largest absolute Gasteiger partial charge is 0.438 e. The van der Waals surface area contributed by atoms with Crippen molar-refractivity contribution in [3.63, 3.8) is 0 Å². The fourth-order valence-electron chi connectivity index (χ4n) is 0.951. The lowest BCUT2D eigenvalue weighted by molar-refractivity contribution is 0.0944. The molecule has 0 amide bonds. The molecule has 0 radical (unpaired) electrons. The summed E-state index contributed by atoms with van der Waals surface area (Å²) in [5.41, 5.74) is 0.559. The van der Waals surface area contributed by atoms with E-state index in [-0.39, 0.29) is 0 Å². The van der Waals surface area contributed by atoms with Crippen LogP contribution in [0.25, 0.3) is 0 Å². The lowest BCUT2D eigenvalue weighted by Gasteiger charge is -2.18. The van der Waals surface area contributed by atoms with Gasteiger partial charge in [-0.2, -0.15) is 0 Å². The van der Waals surface area contributed by atoms with Gasteiger partial charge in [0.15, 0.2) is 9.76 Å². The average Bonchev–Trinajstić information content (AvgIpc) is 1.90. The minimum atomic E-state index is -0.757. The minimum absolute atomic E-state index is 0.559. The van der Waals surface area contributed by atoms with Gasteiger partial charge in [0.25, 0.3) is 0 Å². The van der Waals surface area contributed by atoms with Crippen LogP contribution in [-0.2, 0) is 4.74 Å². The molecule has 0 saturated carbocycles. The molecule has 48 valence electrons. The summed E-state index contributed by atoms with van der Waals surface area (Å²) in [4.78, 5) is 8.75. The molecule has 0 aliphatic carbocycles. The number of rotatable bonds is 1. The van der Waals surface area contributed by atoms with Crippen LogP contribution in [0.3, 0.4) is 0 Å². The lowest BCUT2D eigenvalue weighted by atomic mass is 10.2. The van der Waals surface area contributed by atoms with Crippen molar-refractivity contribution in [1.82, 2.24) is 0 Å². The summed E-state index contributed by atoms with van der Waals surface area (Å²) in [6, 6.07) is 0. The summed E-state index contributed by atoms with van der Waals surface area (Å²) in [5.74, 6) is 0. The Balaban J connectivity index is 2.13. The minimum Gasteiger partial charge on any atom is -0.438 e. The zero-order chi connectivity index (χ0) is 5.82. The lowest BCUT2D eigenvalue weighted by Crippen LogP contribution is -2.17. The Labute approximate surface area is 51.8 Å². The molecular formula is C5H12O2Si. The summed E-state index contributed by atoms with van der Waals surface area (Å²) in [7, 11) is -0.757. The molecule has 1 fully saturated rings. The van der Waals surface area contributed by atoms with Gasteiger partial charge in [0, 0.05) is 13.2 Å². The second-order valence-corrected chi connectivity index (χ2v) is 3.79. The third-order valence-electron chi connectivity index (χ3n) is 1.51. The molecule has 1 rings (SSSR count). The Kier molecular flexibility index (Phi) is 2.52. The van der Waals surface area contributed by atoms with Gasteiger partial charge < -0.3 is 9.53 Å². The van der Waals surface area contributed by atoms with Crippen molar-refractivity contribution in [2.75, 3.05) is 13.2 Å². The van der Waals surface area contributed by atoms with Crippen molar-refractivity contribution >= 4 is 9.76 Å². The summed E-state index contributed by atoms with van der Waals surface area (Å²) < 4.78 is 5.15. The van der Waals surface area contributed by atoms with Crippen molar-refractivity contribution in [3.05, 3.63) is 0 Å². The maximum Gasteiger partial charge on any atom is 0.162 e. The molecular weight excluding hydrogens is 120 g/mol. The molecule has 1 aliphatic rings. The van der Waals surface area contributed by atoms with Crippen LogP contribution in [0.5, 0.6) is 0 Å². The standard InChI is InChI=1S/C5H12O2Si/c6-8-5-2-1-3-7-4-5/h5-6H,1-4,8H2. The van der Waals surface area contributed by atoms with Crippen molar-refractivity contribution in [2.45, 2.75) is 18.4 Å². The van der Waals surface area contributed by atoms with E-state index in [1.165, 1.54) is 6.42 Å². The maximum absolute atomic E-state index is 8.75. The van der Waals surface area contributed by atoms with Gasteiger partial charge in [-0.05, 0) is 18.4 Å². The van der Waals surface area contributed by atoms with E-state index >= 15 is 0 Å². The van der Waals surface area contributed by atoms with Crippen LogP contribution >= 0.6 is 0 Å². The van der Waals surface area contributed by atoms with Crippen LogP contribution in [0.2, 0.25) is 5.54 Å². The first-order valence-electron chi connectivity index (χ1n) is 3.12. The van der Waals surface area contributed by atoms with Gasteiger partial charge in [0.1, 0.15) is 0 Å². The van der Waals surface area contributed by atoms with Crippen LogP contribution in [0.15, 0.2) is 0 Å². The normalized spacial score (nSPS) is 31.9. The zero-order valence-corrected chi connectivity index (χ0v) is 6.38. The van der Waals surface area contributed by atoms with Crippen LogP contribution in [0, 0.1) is 0 Å². The van der Waals surface area contributed by atoms with Gasteiger partial charge in [-0.1, -0.05) is 0 Å². The molecule has 0 aromatic heterocycles. The quantitative estimate of drug-likeness (QED) is 0.495. The molecule has 8 heavy (non-hydrogen) atoms.